The molecule has 0 unspecified atom stereocenters. The van der Waals surface area contributed by atoms with Gasteiger partial charge in [0.2, 0.25) is 0 Å². The molecule has 8 heteroatoms. The summed E-state index contributed by atoms with van der Waals surface area (Å²) >= 11 is 0. The third-order valence-electron chi connectivity index (χ3n) is 3.03. The minimum atomic E-state index is -0.709. The smallest absolute Gasteiger partial charge is 0.331 e. The van der Waals surface area contributed by atoms with Crippen molar-refractivity contribution in [2.75, 3.05) is 0 Å². The highest BCUT2D eigenvalue weighted by molar-refractivity contribution is 5.87. The van der Waals surface area contributed by atoms with Crippen LogP contribution in [0.2, 0.25) is 0 Å². The zero-order valence-electron chi connectivity index (χ0n) is 12.3. The van der Waals surface area contributed by atoms with Crippen LogP contribution in [0.25, 0.3) is 6.08 Å². The molecule has 0 aromatic heterocycles. The van der Waals surface area contributed by atoms with Gasteiger partial charge in [-0.25, -0.2) is 4.79 Å². The van der Waals surface area contributed by atoms with Crippen molar-refractivity contribution in [1.82, 2.24) is 0 Å². The number of esters is 1. The molecule has 2 rings (SSSR count). The maximum absolute atomic E-state index is 11.7. The van der Waals surface area contributed by atoms with E-state index in [9.17, 15) is 25.0 Å². The molecule has 0 amide bonds. The Morgan fingerprint density at radius 2 is 1.79 bits per heavy atom. The molecule has 0 saturated carbocycles. The fraction of sp³-hybridized carbons (Fsp3) is 0.0625. The van der Waals surface area contributed by atoms with Crippen LogP contribution >= 0.6 is 0 Å². The van der Waals surface area contributed by atoms with E-state index in [0.717, 1.165) is 6.08 Å². The van der Waals surface area contributed by atoms with Gasteiger partial charge in [0.05, 0.1) is 15.4 Å². The minimum absolute atomic E-state index is 0.0981. The van der Waals surface area contributed by atoms with E-state index in [1.54, 1.807) is 12.1 Å². The molecule has 0 spiro atoms. The van der Waals surface area contributed by atoms with E-state index in [0.29, 0.717) is 5.56 Å². The standard InChI is InChI=1S/C16H12N2O6/c19-16(9-8-13-5-1-2-7-15(13)18(22)23)24-11-12-4-3-6-14(10-12)17(20)21/h1-10H,11H2/b9-8+. The number of hydrogen-bond acceptors (Lipinski definition) is 6. The van der Waals surface area contributed by atoms with Crippen molar-refractivity contribution >= 4 is 23.4 Å². The third-order valence-corrected chi connectivity index (χ3v) is 3.03. The number of benzene rings is 2. The Balaban J connectivity index is 2.00. The van der Waals surface area contributed by atoms with Gasteiger partial charge in [0, 0.05) is 24.3 Å². The summed E-state index contributed by atoms with van der Waals surface area (Å²) in [5, 5.41) is 21.5. The van der Waals surface area contributed by atoms with E-state index in [-0.39, 0.29) is 23.5 Å². The Bertz CT molecular complexity index is 816. The Kier molecular flexibility index (Phi) is 5.35. The molecule has 0 N–H and O–H groups in total. The van der Waals surface area contributed by atoms with E-state index in [4.69, 9.17) is 4.74 Å². The molecule has 0 heterocycles. The lowest BCUT2D eigenvalue weighted by Crippen LogP contribution is -2.01. The first-order valence-electron chi connectivity index (χ1n) is 6.79. The van der Waals surface area contributed by atoms with E-state index in [1.807, 2.05) is 0 Å². The van der Waals surface area contributed by atoms with Gasteiger partial charge in [-0.2, -0.15) is 0 Å². The molecule has 2 aromatic rings. The first-order chi connectivity index (χ1) is 11.5. The molecule has 24 heavy (non-hydrogen) atoms. The summed E-state index contributed by atoms with van der Waals surface area (Å²) in [6, 6.07) is 11.7. The predicted octanol–water partition coefficient (Wildman–Crippen LogP) is 3.26. The number of carbonyl (C=O) groups excluding carboxylic acids is 1. The summed E-state index contributed by atoms with van der Waals surface area (Å²) in [5.74, 6) is -0.709. The molecule has 2 aromatic carbocycles. The van der Waals surface area contributed by atoms with Gasteiger partial charge in [-0.1, -0.05) is 24.3 Å². The molecule has 0 aliphatic rings. The molecule has 0 bridgehead atoms. The number of ether oxygens (including phenoxy) is 1. The number of nitrogens with zero attached hydrogens (tertiary/aromatic N) is 2. The largest absolute Gasteiger partial charge is 0.458 e. The Labute approximate surface area is 136 Å². The van der Waals surface area contributed by atoms with E-state index < -0.39 is 15.8 Å². The molecule has 0 aliphatic carbocycles. The number of carbonyl (C=O) groups is 1. The first-order valence-corrected chi connectivity index (χ1v) is 6.79. The number of nitro groups is 2. The number of nitro benzene ring substituents is 2. The lowest BCUT2D eigenvalue weighted by Gasteiger charge is -2.02. The summed E-state index contributed by atoms with van der Waals surface area (Å²) in [4.78, 5) is 32.1. The van der Waals surface area contributed by atoms with Gasteiger partial charge in [-0.3, -0.25) is 20.2 Å². The van der Waals surface area contributed by atoms with Crippen LogP contribution in [0, 0.1) is 20.2 Å². The quantitative estimate of drug-likeness (QED) is 0.348. The van der Waals surface area contributed by atoms with Gasteiger partial charge in [-0.05, 0) is 17.7 Å². The van der Waals surface area contributed by atoms with Gasteiger partial charge in [0.1, 0.15) is 6.61 Å². The Hall–Kier alpha value is -3.55. The monoisotopic (exact) mass is 328 g/mol. The Morgan fingerprint density at radius 3 is 2.50 bits per heavy atom. The van der Waals surface area contributed by atoms with Crippen LogP contribution < -0.4 is 0 Å². The van der Waals surface area contributed by atoms with Crippen molar-refractivity contribution in [1.29, 1.82) is 0 Å². The topological polar surface area (TPSA) is 113 Å². The number of para-hydroxylation sites is 1. The van der Waals surface area contributed by atoms with Gasteiger partial charge >= 0.3 is 5.97 Å². The number of rotatable bonds is 6. The van der Waals surface area contributed by atoms with Crippen LogP contribution in [-0.4, -0.2) is 15.8 Å². The van der Waals surface area contributed by atoms with Gasteiger partial charge < -0.3 is 4.74 Å². The van der Waals surface area contributed by atoms with Crippen LogP contribution in [0.4, 0.5) is 11.4 Å². The fourth-order valence-electron chi connectivity index (χ4n) is 1.91. The maximum Gasteiger partial charge on any atom is 0.331 e. The maximum atomic E-state index is 11.7. The van der Waals surface area contributed by atoms with Crippen LogP contribution in [0.3, 0.4) is 0 Å². The molecule has 8 nitrogen and oxygen atoms in total. The first kappa shape index (κ1) is 16.8. The zero-order chi connectivity index (χ0) is 17.5. The third kappa shape index (κ3) is 4.47. The van der Waals surface area contributed by atoms with Crippen molar-refractivity contribution in [3.63, 3.8) is 0 Å². The van der Waals surface area contributed by atoms with Gasteiger partial charge in [0.25, 0.3) is 11.4 Å². The summed E-state index contributed by atoms with van der Waals surface area (Å²) in [5.41, 5.74) is 0.519. The molecule has 0 atom stereocenters. The van der Waals surface area contributed by atoms with E-state index >= 15 is 0 Å². The number of non-ortho nitro benzene ring substituents is 1. The average Bonchev–Trinajstić information content (AvgIpc) is 2.58. The van der Waals surface area contributed by atoms with Crippen LogP contribution in [0.1, 0.15) is 11.1 Å². The molecule has 0 aliphatic heterocycles. The summed E-state index contributed by atoms with van der Waals surface area (Å²) in [6.07, 6.45) is 2.35. The van der Waals surface area contributed by atoms with Crippen molar-refractivity contribution in [2.45, 2.75) is 6.61 Å². The molecular weight excluding hydrogens is 316 g/mol. The highest BCUT2D eigenvalue weighted by Crippen LogP contribution is 2.19. The van der Waals surface area contributed by atoms with Gasteiger partial charge in [-0.15, -0.1) is 0 Å². The molecular formula is C16H12N2O6. The molecule has 0 fully saturated rings. The van der Waals surface area contributed by atoms with E-state index in [1.165, 1.54) is 42.5 Å². The summed E-state index contributed by atoms with van der Waals surface area (Å²) in [6.45, 7) is -0.137. The highest BCUT2D eigenvalue weighted by atomic mass is 16.6. The van der Waals surface area contributed by atoms with Crippen molar-refractivity contribution < 1.29 is 19.4 Å². The fourth-order valence-corrected chi connectivity index (χ4v) is 1.91. The van der Waals surface area contributed by atoms with Crippen LogP contribution in [0.5, 0.6) is 0 Å². The lowest BCUT2D eigenvalue weighted by molar-refractivity contribution is -0.385. The predicted molar refractivity (Wildman–Crippen MR) is 85.0 cm³/mol. The Morgan fingerprint density at radius 1 is 1.04 bits per heavy atom. The van der Waals surface area contributed by atoms with Crippen molar-refractivity contribution in [3.05, 3.63) is 86.0 Å². The normalized spacial score (nSPS) is 10.5. The molecule has 0 saturated heterocycles. The molecule has 122 valence electrons. The minimum Gasteiger partial charge on any atom is -0.458 e. The SMILES string of the molecule is O=C(/C=C/c1ccccc1[N+](=O)[O-])OCc1cccc([N+](=O)[O-])c1. The second kappa shape index (κ2) is 7.63. The van der Waals surface area contributed by atoms with Crippen LogP contribution in [-0.2, 0) is 16.1 Å². The summed E-state index contributed by atoms with van der Waals surface area (Å²) in [7, 11) is 0. The lowest BCUT2D eigenvalue weighted by atomic mass is 10.1. The van der Waals surface area contributed by atoms with Crippen molar-refractivity contribution in [3.8, 4) is 0 Å². The average molecular weight is 328 g/mol. The second-order valence-electron chi connectivity index (χ2n) is 4.68. The van der Waals surface area contributed by atoms with Gasteiger partial charge in [0.15, 0.2) is 0 Å². The molecule has 0 radical (unpaired) electrons. The van der Waals surface area contributed by atoms with Crippen LogP contribution in [0.15, 0.2) is 54.6 Å². The van der Waals surface area contributed by atoms with Crippen molar-refractivity contribution in [2.24, 2.45) is 0 Å². The second-order valence-corrected chi connectivity index (χ2v) is 4.68. The van der Waals surface area contributed by atoms with E-state index in [2.05, 4.69) is 0 Å². The summed E-state index contributed by atoms with van der Waals surface area (Å²) < 4.78 is 4.97. The number of hydrogen-bond donors (Lipinski definition) is 0. The zero-order valence-corrected chi connectivity index (χ0v) is 12.3. The highest BCUT2D eigenvalue weighted by Gasteiger charge is 2.10.